The Morgan fingerprint density at radius 1 is 0.282 bits per heavy atom. The summed E-state index contributed by atoms with van der Waals surface area (Å²) in [5.41, 5.74) is 4.86. The molecule has 416 valence electrons. The van der Waals surface area contributed by atoms with Gasteiger partial charge in [-0.3, -0.25) is 30.0 Å². The maximum Gasteiger partial charge on any atom is 0.161 e. The van der Waals surface area contributed by atoms with Gasteiger partial charge in [0.05, 0.1) is 80.4 Å². The second kappa shape index (κ2) is 35.9. The first kappa shape index (κ1) is 64.0. The van der Waals surface area contributed by atoms with E-state index in [1.165, 1.54) is 42.7 Å². The van der Waals surface area contributed by atoms with Crippen LogP contribution >= 0.6 is 15.8 Å². The second-order valence-electron chi connectivity index (χ2n) is 15.6. The molecule has 0 spiro atoms. The minimum Gasteiger partial charge on any atom is -0.504 e. The minimum atomic E-state index is -0.738. The van der Waals surface area contributed by atoms with Crippen molar-refractivity contribution < 1.29 is 69.3 Å². The standard InChI is InChI=1S/2C27H30N3O6P.2CH4O/c2*1-34-25-10-19(4-7-22(25)31)13-28-16-37(17-29-14-20-5-8-23(32)26(11-20)35-2)18-30-15-21-6-9-24(33)27(12-21)36-3;2*1-2/h2*4-15,31-33H,16-18H2,1-3H3;2*2H,1H3/b2*28-13+,29-14+,30-15+;;. The van der Waals surface area contributed by atoms with Crippen LogP contribution in [0, 0.1) is 0 Å². The van der Waals surface area contributed by atoms with E-state index >= 15 is 0 Å². The lowest BCUT2D eigenvalue weighted by Crippen LogP contribution is -1.94. The summed E-state index contributed by atoms with van der Waals surface area (Å²) in [5, 5.41) is 72.7. The van der Waals surface area contributed by atoms with Crippen molar-refractivity contribution in [3.8, 4) is 69.0 Å². The summed E-state index contributed by atoms with van der Waals surface area (Å²) in [6.07, 6.45) is 13.6. The van der Waals surface area contributed by atoms with Gasteiger partial charge in [-0.05, 0) is 158 Å². The highest BCUT2D eigenvalue weighted by Crippen LogP contribution is 2.38. The molecule has 0 aliphatic rings. The number of benzene rings is 6. The fourth-order valence-electron chi connectivity index (χ4n) is 6.49. The molecular formula is C56H68N6O14P2. The molecule has 6 rings (SSSR count). The van der Waals surface area contributed by atoms with Crippen molar-refractivity contribution in [3.05, 3.63) is 143 Å². The molecule has 0 bridgehead atoms. The third-order valence-electron chi connectivity index (χ3n) is 10.4. The van der Waals surface area contributed by atoms with Gasteiger partial charge in [0.2, 0.25) is 0 Å². The molecule has 0 saturated heterocycles. The number of rotatable bonds is 24. The van der Waals surface area contributed by atoms with Gasteiger partial charge in [0, 0.05) is 51.5 Å². The average Bonchev–Trinajstić information content (AvgIpc) is 3.46. The monoisotopic (exact) mass is 1110 g/mol. The highest BCUT2D eigenvalue weighted by Gasteiger charge is 2.10. The zero-order chi connectivity index (χ0) is 57.2. The molecule has 6 aromatic rings. The number of methoxy groups -OCH3 is 6. The van der Waals surface area contributed by atoms with Gasteiger partial charge in [-0.1, -0.05) is 0 Å². The van der Waals surface area contributed by atoms with Gasteiger partial charge in [0.15, 0.2) is 69.0 Å². The van der Waals surface area contributed by atoms with Gasteiger partial charge in [0.1, 0.15) is 0 Å². The largest absolute Gasteiger partial charge is 0.504 e. The van der Waals surface area contributed by atoms with Crippen molar-refractivity contribution in [2.45, 2.75) is 0 Å². The van der Waals surface area contributed by atoms with Crippen LogP contribution < -0.4 is 28.4 Å². The number of ether oxygens (including phenoxy) is 6. The molecule has 0 fully saturated rings. The van der Waals surface area contributed by atoms with Gasteiger partial charge < -0.3 is 69.3 Å². The molecule has 0 amide bonds. The Morgan fingerprint density at radius 3 is 0.551 bits per heavy atom. The number of phenolic OH excluding ortho intramolecular Hbond substituents is 6. The normalized spacial score (nSPS) is 11.2. The van der Waals surface area contributed by atoms with E-state index in [-0.39, 0.29) is 34.5 Å². The molecule has 0 aliphatic heterocycles. The quantitative estimate of drug-likeness (QED) is 0.0207. The van der Waals surface area contributed by atoms with Crippen LogP contribution in [0.3, 0.4) is 0 Å². The number of aromatic hydroxyl groups is 6. The topological polar surface area (TPSA) is 291 Å². The maximum atomic E-state index is 9.79. The summed E-state index contributed by atoms with van der Waals surface area (Å²) in [6, 6.07) is 30.2. The van der Waals surface area contributed by atoms with Crippen molar-refractivity contribution >= 4 is 53.1 Å². The first-order chi connectivity index (χ1) is 37.9. The highest BCUT2D eigenvalue weighted by molar-refractivity contribution is 7.57. The maximum absolute atomic E-state index is 9.79. The zero-order valence-corrected chi connectivity index (χ0v) is 46.5. The Kier molecular flexibility index (Phi) is 29.4. The number of aliphatic hydroxyl groups is 2. The summed E-state index contributed by atoms with van der Waals surface area (Å²) >= 11 is 0. The molecule has 6 aromatic carbocycles. The van der Waals surface area contributed by atoms with E-state index in [2.05, 4.69) is 30.0 Å². The lowest BCUT2D eigenvalue weighted by atomic mass is 10.2. The fourth-order valence-corrected chi connectivity index (χ4v) is 8.90. The van der Waals surface area contributed by atoms with Crippen molar-refractivity contribution in [1.29, 1.82) is 0 Å². The lowest BCUT2D eigenvalue weighted by molar-refractivity contribution is 0.373. The molecule has 0 aromatic heterocycles. The van der Waals surface area contributed by atoms with Crippen LogP contribution in [0.25, 0.3) is 0 Å². The van der Waals surface area contributed by atoms with E-state index in [9.17, 15) is 30.6 Å². The Morgan fingerprint density at radius 2 is 0.423 bits per heavy atom. The predicted molar refractivity (Wildman–Crippen MR) is 313 cm³/mol. The average molecular weight is 1110 g/mol. The Hall–Kier alpha value is -8.28. The summed E-state index contributed by atoms with van der Waals surface area (Å²) in [5.74, 6) is 2.73. The Bertz CT molecular complexity index is 2450. The van der Waals surface area contributed by atoms with Gasteiger partial charge in [-0.2, -0.15) is 0 Å². The molecule has 20 nitrogen and oxygen atoms in total. The first-order valence-corrected chi connectivity index (χ1v) is 27.2. The molecule has 0 saturated carbocycles. The summed E-state index contributed by atoms with van der Waals surface area (Å²) in [6.45, 7) is 0. The Balaban J connectivity index is 0.000000386. The molecule has 0 atom stereocenters. The van der Waals surface area contributed by atoms with Crippen molar-refractivity contribution in [2.24, 2.45) is 30.0 Å². The van der Waals surface area contributed by atoms with Crippen LogP contribution in [0.1, 0.15) is 33.4 Å². The zero-order valence-electron chi connectivity index (χ0n) is 44.7. The fraction of sp³-hybridized carbons (Fsp3) is 0.250. The van der Waals surface area contributed by atoms with E-state index in [4.69, 9.17) is 38.6 Å². The lowest BCUT2D eigenvalue weighted by Gasteiger charge is -2.10. The van der Waals surface area contributed by atoms with E-state index in [1.807, 2.05) is 0 Å². The predicted octanol–water partition coefficient (Wildman–Crippen LogP) is 8.90. The molecule has 0 unspecified atom stereocenters. The molecule has 78 heavy (non-hydrogen) atoms. The van der Waals surface area contributed by atoms with Crippen LogP contribution in [-0.2, 0) is 0 Å². The van der Waals surface area contributed by atoms with Gasteiger partial charge >= 0.3 is 0 Å². The SMILES string of the molecule is CO.CO.COc1cc(/C=N/CP(C/N=C/c2ccc(O)c(OC)c2)C/N=C/c2ccc(O)c(OC)c2)ccc1O.COc1cc(/C=N/CP(C/N=C/c2ccc(O)c(OC)c2)C/N=C/c2ccc(O)c(OC)c2)ccc1O. The van der Waals surface area contributed by atoms with Crippen LogP contribution in [0.5, 0.6) is 69.0 Å². The number of aliphatic imine (C=N–C) groups is 6. The minimum absolute atomic E-state index is 0.0716. The van der Waals surface area contributed by atoms with Gasteiger partial charge in [-0.25, -0.2) is 0 Å². The smallest absolute Gasteiger partial charge is 0.161 e. The van der Waals surface area contributed by atoms with Crippen molar-refractivity contribution in [2.75, 3.05) is 94.6 Å². The number of aliphatic hydroxyl groups excluding tert-OH is 2. The number of nitrogens with zero attached hydrogens (tertiary/aromatic N) is 6. The molecule has 22 heteroatoms. The van der Waals surface area contributed by atoms with E-state index in [0.29, 0.717) is 72.2 Å². The van der Waals surface area contributed by atoms with Crippen LogP contribution in [-0.4, -0.2) is 173 Å². The van der Waals surface area contributed by atoms with Crippen LogP contribution in [0.2, 0.25) is 0 Å². The Labute approximate surface area is 456 Å². The van der Waals surface area contributed by atoms with Crippen molar-refractivity contribution in [1.82, 2.24) is 0 Å². The number of phenols is 6. The highest BCUT2D eigenvalue weighted by atomic mass is 31.1. The van der Waals surface area contributed by atoms with Crippen molar-refractivity contribution in [3.63, 3.8) is 0 Å². The van der Waals surface area contributed by atoms with E-state index in [0.717, 1.165) is 47.6 Å². The van der Waals surface area contributed by atoms with Gasteiger partial charge in [0.25, 0.3) is 0 Å². The number of hydrogen-bond acceptors (Lipinski definition) is 20. The number of hydrogen-bond donors (Lipinski definition) is 8. The second-order valence-corrected chi connectivity index (χ2v) is 20.0. The molecule has 8 N–H and O–H groups in total. The summed E-state index contributed by atoms with van der Waals surface area (Å²) in [7, 11) is 9.52. The van der Waals surface area contributed by atoms with Crippen LogP contribution in [0.15, 0.2) is 139 Å². The van der Waals surface area contributed by atoms with Crippen LogP contribution in [0.4, 0.5) is 0 Å². The summed E-state index contributed by atoms with van der Waals surface area (Å²) in [4.78, 5) is 27.5. The first-order valence-electron chi connectivity index (χ1n) is 23.4. The third-order valence-corrected chi connectivity index (χ3v) is 13.7. The van der Waals surface area contributed by atoms with E-state index in [1.54, 1.807) is 146 Å². The third kappa shape index (κ3) is 21.8. The molecular weight excluding hydrogens is 1040 g/mol. The molecule has 0 aliphatic carbocycles. The van der Waals surface area contributed by atoms with Gasteiger partial charge in [-0.15, -0.1) is 0 Å². The van der Waals surface area contributed by atoms with E-state index < -0.39 is 15.8 Å². The summed E-state index contributed by atoms with van der Waals surface area (Å²) < 4.78 is 30.9. The molecule has 0 radical (unpaired) electrons. The molecule has 0 heterocycles.